The van der Waals surface area contributed by atoms with Crippen molar-refractivity contribution >= 4 is 17.4 Å². The number of aromatic nitrogens is 3. The molecule has 0 spiro atoms. The lowest BCUT2D eigenvalue weighted by Gasteiger charge is -2.14. The molecule has 2 heterocycles. The molecule has 0 aliphatic heterocycles. The summed E-state index contributed by atoms with van der Waals surface area (Å²) < 4.78 is 41.6. The van der Waals surface area contributed by atoms with E-state index in [4.69, 9.17) is 0 Å². The van der Waals surface area contributed by atoms with E-state index in [0.29, 0.717) is 5.56 Å². The number of alkyl halides is 3. The molecule has 0 aliphatic rings. The maximum absolute atomic E-state index is 13.4. The molecule has 0 fully saturated rings. The molecule has 2 aromatic heterocycles. The first-order chi connectivity index (χ1) is 14.1. The molecule has 0 N–H and O–H groups in total. The van der Waals surface area contributed by atoms with Crippen molar-refractivity contribution < 1.29 is 18.1 Å². The fourth-order valence-corrected chi connectivity index (χ4v) is 3.88. The first-order valence-electron chi connectivity index (χ1n) is 8.52. The highest BCUT2D eigenvalue weighted by Crippen LogP contribution is 2.37. The molecule has 154 valence electrons. The van der Waals surface area contributed by atoms with Crippen molar-refractivity contribution in [2.24, 2.45) is 0 Å². The van der Waals surface area contributed by atoms with E-state index in [2.05, 4.69) is 10.1 Å². The Morgan fingerprint density at radius 3 is 2.47 bits per heavy atom. The molecule has 0 radical (unpaired) electrons. The Morgan fingerprint density at radius 1 is 1.27 bits per heavy atom. The number of hydrogen-bond donors (Lipinski definition) is 0. The third kappa shape index (κ3) is 4.13. The minimum absolute atomic E-state index is 0.00442. The molecule has 7 nitrogen and oxygen atoms in total. The van der Waals surface area contributed by atoms with Crippen molar-refractivity contribution in [3.05, 3.63) is 69.2 Å². The topological polar surface area (TPSA) is 97.6 Å². The van der Waals surface area contributed by atoms with Crippen LogP contribution in [0, 0.1) is 35.3 Å². The highest BCUT2D eigenvalue weighted by Gasteiger charge is 2.34. The Bertz CT molecular complexity index is 1150. The van der Waals surface area contributed by atoms with Gasteiger partial charge < -0.3 is 0 Å². The normalized spacial score (nSPS) is 11.3. The number of nitriles is 1. The Balaban J connectivity index is 2.07. The molecule has 3 rings (SSSR count). The molecule has 0 unspecified atom stereocenters. The predicted octanol–water partition coefficient (Wildman–Crippen LogP) is 5.11. The molecule has 0 atom stereocenters. The average Bonchev–Trinajstić information content (AvgIpc) is 2.98. The molecule has 30 heavy (non-hydrogen) atoms. The van der Waals surface area contributed by atoms with Gasteiger partial charge in [-0.05, 0) is 25.5 Å². The van der Waals surface area contributed by atoms with E-state index in [-0.39, 0.29) is 39.1 Å². The summed E-state index contributed by atoms with van der Waals surface area (Å²) in [4.78, 5) is 14.2. The third-order valence-corrected chi connectivity index (χ3v) is 5.27. The van der Waals surface area contributed by atoms with Gasteiger partial charge in [0, 0.05) is 5.56 Å². The molecule has 0 saturated heterocycles. The van der Waals surface area contributed by atoms with E-state index in [1.54, 1.807) is 30.3 Å². The van der Waals surface area contributed by atoms with Gasteiger partial charge in [-0.1, -0.05) is 42.1 Å². The van der Waals surface area contributed by atoms with Gasteiger partial charge in [0.05, 0.1) is 16.4 Å². The van der Waals surface area contributed by atoms with Crippen molar-refractivity contribution in [1.82, 2.24) is 14.8 Å². The number of rotatable bonds is 5. The van der Waals surface area contributed by atoms with E-state index in [1.165, 1.54) is 18.5 Å². The lowest BCUT2D eigenvalue weighted by Crippen LogP contribution is -2.11. The zero-order valence-corrected chi connectivity index (χ0v) is 16.6. The van der Waals surface area contributed by atoms with Crippen LogP contribution >= 0.6 is 11.8 Å². The van der Waals surface area contributed by atoms with Gasteiger partial charge in [0.1, 0.15) is 28.2 Å². The highest BCUT2D eigenvalue weighted by molar-refractivity contribution is 7.98. The molecule has 0 saturated carbocycles. The number of hydrogen-bond acceptors (Lipinski definition) is 6. The molecular formula is C19H14F3N5O2S. The van der Waals surface area contributed by atoms with Gasteiger partial charge in [-0.2, -0.15) is 23.5 Å². The second-order valence-corrected chi connectivity index (χ2v) is 7.19. The Kier molecular flexibility index (Phi) is 5.80. The Morgan fingerprint density at radius 2 is 1.93 bits per heavy atom. The van der Waals surface area contributed by atoms with Gasteiger partial charge in [0.25, 0.3) is 0 Å². The van der Waals surface area contributed by atoms with Crippen molar-refractivity contribution in [3.8, 4) is 17.2 Å². The summed E-state index contributed by atoms with van der Waals surface area (Å²) in [7, 11) is 0. The molecular weight excluding hydrogens is 419 g/mol. The van der Waals surface area contributed by atoms with Crippen LogP contribution in [0.5, 0.6) is 0 Å². The van der Waals surface area contributed by atoms with Crippen molar-refractivity contribution in [3.63, 3.8) is 0 Å². The van der Waals surface area contributed by atoms with Crippen LogP contribution in [0.15, 0.2) is 41.4 Å². The van der Waals surface area contributed by atoms with Crippen LogP contribution in [0.2, 0.25) is 0 Å². The van der Waals surface area contributed by atoms with Gasteiger partial charge in [0.2, 0.25) is 0 Å². The van der Waals surface area contributed by atoms with Gasteiger partial charge in [0.15, 0.2) is 0 Å². The van der Waals surface area contributed by atoms with E-state index in [9.17, 15) is 28.5 Å². The van der Waals surface area contributed by atoms with Crippen LogP contribution in [0.25, 0.3) is 11.1 Å². The zero-order chi connectivity index (χ0) is 22.1. The molecule has 0 aliphatic carbocycles. The summed E-state index contributed by atoms with van der Waals surface area (Å²) in [5, 5.41) is 24.7. The summed E-state index contributed by atoms with van der Waals surface area (Å²) >= 11 is 0.856. The van der Waals surface area contributed by atoms with Crippen LogP contribution in [-0.4, -0.2) is 19.7 Å². The SMILES string of the molecule is Cc1nn(CSc2nc(C(F)(F)F)cc(-c3ccccc3)c2C#N)c(C)c1[N+](=O)[O-]. The first kappa shape index (κ1) is 21.3. The maximum Gasteiger partial charge on any atom is 0.433 e. The van der Waals surface area contributed by atoms with Gasteiger partial charge in [-0.3, -0.25) is 14.8 Å². The van der Waals surface area contributed by atoms with Crippen molar-refractivity contribution in [1.29, 1.82) is 5.26 Å². The lowest BCUT2D eigenvalue weighted by molar-refractivity contribution is -0.386. The van der Waals surface area contributed by atoms with E-state index < -0.39 is 16.8 Å². The van der Waals surface area contributed by atoms with Crippen LogP contribution in [-0.2, 0) is 12.1 Å². The first-order valence-corrected chi connectivity index (χ1v) is 9.51. The van der Waals surface area contributed by atoms with Crippen LogP contribution < -0.4 is 0 Å². The summed E-state index contributed by atoms with van der Waals surface area (Å²) in [5.74, 6) is -0.0439. The summed E-state index contributed by atoms with van der Waals surface area (Å²) in [6, 6.07) is 11.0. The molecule has 0 amide bonds. The number of halogens is 3. The monoisotopic (exact) mass is 433 g/mol. The zero-order valence-electron chi connectivity index (χ0n) is 15.8. The number of pyridine rings is 1. The predicted molar refractivity (Wildman–Crippen MR) is 104 cm³/mol. The highest BCUT2D eigenvalue weighted by atomic mass is 32.2. The fraction of sp³-hybridized carbons (Fsp3) is 0.211. The largest absolute Gasteiger partial charge is 0.433 e. The number of thioether (sulfide) groups is 1. The van der Waals surface area contributed by atoms with E-state index in [1.807, 2.05) is 6.07 Å². The summed E-state index contributed by atoms with van der Waals surface area (Å²) in [6.07, 6.45) is -4.70. The Hall–Kier alpha value is -3.39. The third-order valence-electron chi connectivity index (χ3n) is 4.32. The molecule has 0 bridgehead atoms. The maximum atomic E-state index is 13.4. The average molecular weight is 433 g/mol. The fourth-order valence-electron chi connectivity index (χ4n) is 2.92. The standard InChI is InChI=1S/C19H14F3N5O2S/c1-11-17(27(28)29)12(2)26(25-11)10-30-18-15(9-23)14(13-6-4-3-5-7-13)8-16(24-18)19(20,21)22/h3-8H,10H2,1-2H3. The molecule has 1 aromatic carbocycles. The number of benzene rings is 1. The lowest BCUT2D eigenvalue weighted by atomic mass is 10.0. The van der Waals surface area contributed by atoms with Crippen LogP contribution in [0.3, 0.4) is 0 Å². The second-order valence-electron chi connectivity index (χ2n) is 6.26. The minimum atomic E-state index is -4.70. The van der Waals surface area contributed by atoms with Gasteiger partial charge in [-0.25, -0.2) is 4.98 Å². The summed E-state index contributed by atoms with van der Waals surface area (Å²) in [5.41, 5.74) is -0.261. The van der Waals surface area contributed by atoms with E-state index in [0.717, 1.165) is 17.8 Å². The van der Waals surface area contributed by atoms with Gasteiger partial charge >= 0.3 is 11.9 Å². The summed E-state index contributed by atoms with van der Waals surface area (Å²) in [6.45, 7) is 2.97. The Labute approximate surface area is 173 Å². The quantitative estimate of drug-likeness (QED) is 0.315. The van der Waals surface area contributed by atoms with Crippen LogP contribution in [0.4, 0.5) is 18.9 Å². The minimum Gasteiger partial charge on any atom is -0.258 e. The van der Waals surface area contributed by atoms with E-state index >= 15 is 0 Å². The van der Waals surface area contributed by atoms with Crippen LogP contribution in [0.1, 0.15) is 22.6 Å². The number of nitro groups is 1. The molecule has 11 heteroatoms. The smallest absolute Gasteiger partial charge is 0.258 e. The van der Waals surface area contributed by atoms with Crippen molar-refractivity contribution in [2.45, 2.75) is 30.9 Å². The number of aryl methyl sites for hydroxylation is 1. The van der Waals surface area contributed by atoms with Gasteiger partial charge in [-0.15, -0.1) is 0 Å². The number of nitrogens with zero attached hydrogens (tertiary/aromatic N) is 5. The van der Waals surface area contributed by atoms with Crippen molar-refractivity contribution in [2.75, 3.05) is 0 Å². The molecule has 3 aromatic rings. The second kappa shape index (κ2) is 8.16.